The molecule has 0 fully saturated rings. The Morgan fingerprint density at radius 1 is 1.04 bits per heavy atom. The Hall–Kier alpha value is -3.41. The third kappa shape index (κ3) is 3.92. The number of nitrogens with one attached hydrogen (secondary N) is 1. The number of para-hydroxylation sites is 1. The van der Waals surface area contributed by atoms with Crippen molar-refractivity contribution in [2.24, 2.45) is 0 Å². The number of nitrogens with zero attached hydrogens (tertiary/aromatic N) is 3. The molecule has 0 bridgehead atoms. The fraction of sp³-hybridized carbons (Fsp3) is 0.105. The maximum absolute atomic E-state index is 12.5. The van der Waals surface area contributed by atoms with Crippen LogP contribution in [0.1, 0.15) is 10.5 Å². The minimum absolute atomic E-state index is 0.288. The molecule has 1 heterocycles. The molecule has 0 spiro atoms. The van der Waals surface area contributed by atoms with Crippen molar-refractivity contribution in [2.45, 2.75) is 0 Å². The van der Waals surface area contributed by atoms with Crippen molar-refractivity contribution in [1.82, 2.24) is 9.97 Å². The second-order valence-corrected chi connectivity index (χ2v) is 5.34. The standard InChI is InChI=1S/C19H18N4O2/c1-23(15-8-4-3-5-9-15)18-12-17(20-13-21-18)19(24)22-14-7-6-10-16(11-14)25-2/h3-13H,1-2H3,(H,22,24). The van der Waals surface area contributed by atoms with E-state index in [-0.39, 0.29) is 11.6 Å². The highest BCUT2D eigenvalue weighted by atomic mass is 16.5. The van der Waals surface area contributed by atoms with Gasteiger partial charge in [-0.25, -0.2) is 9.97 Å². The molecule has 0 unspecified atom stereocenters. The summed E-state index contributed by atoms with van der Waals surface area (Å²) >= 11 is 0. The van der Waals surface area contributed by atoms with E-state index in [2.05, 4.69) is 15.3 Å². The van der Waals surface area contributed by atoms with Gasteiger partial charge in [0.15, 0.2) is 0 Å². The van der Waals surface area contributed by atoms with Gasteiger partial charge in [-0.2, -0.15) is 0 Å². The lowest BCUT2D eigenvalue weighted by atomic mass is 10.2. The number of methoxy groups -OCH3 is 1. The highest BCUT2D eigenvalue weighted by Gasteiger charge is 2.12. The summed E-state index contributed by atoms with van der Waals surface area (Å²) in [5.41, 5.74) is 1.90. The third-order valence-electron chi connectivity index (χ3n) is 3.70. The van der Waals surface area contributed by atoms with Crippen LogP contribution in [0.4, 0.5) is 17.2 Å². The molecule has 1 N–H and O–H groups in total. The maximum atomic E-state index is 12.5. The summed E-state index contributed by atoms with van der Waals surface area (Å²) in [7, 11) is 3.47. The normalized spacial score (nSPS) is 10.2. The molecular weight excluding hydrogens is 316 g/mol. The molecule has 1 amide bonds. The van der Waals surface area contributed by atoms with Crippen molar-refractivity contribution in [3.63, 3.8) is 0 Å². The first-order chi connectivity index (χ1) is 12.2. The summed E-state index contributed by atoms with van der Waals surface area (Å²) in [6, 6.07) is 18.6. The summed E-state index contributed by atoms with van der Waals surface area (Å²) < 4.78 is 5.16. The largest absolute Gasteiger partial charge is 0.497 e. The molecule has 25 heavy (non-hydrogen) atoms. The fourth-order valence-corrected chi connectivity index (χ4v) is 2.33. The molecule has 0 saturated carbocycles. The van der Waals surface area contributed by atoms with E-state index in [4.69, 9.17) is 4.74 Å². The summed E-state index contributed by atoms with van der Waals surface area (Å²) in [6.07, 6.45) is 1.38. The molecule has 6 heteroatoms. The molecule has 2 aromatic carbocycles. The summed E-state index contributed by atoms with van der Waals surface area (Å²) in [5, 5.41) is 2.81. The van der Waals surface area contributed by atoms with Crippen molar-refractivity contribution in [2.75, 3.05) is 24.4 Å². The van der Waals surface area contributed by atoms with Crippen molar-refractivity contribution < 1.29 is 9.53 Å². The Bertz CT molecular complexity index is 868. The third-order valence-corrected chi connectivity index (χ3v) is 3.70. The summed E-state index contributed by atoms with van der Waals surface area (Å²) in [6.45, 7) is 0. The van der Waals surface area contributed by atoms with Crippen LogP contribution in [0.15, 0.2) is 67.0 Å². The molecule has 0 saturated heterocycles. The molecule has 126 valence electrons. The second kappa shape index (κ2) is 7.44. The number of amides is 1. The maximum Gasteiger partial charge on any atom is 0.274 e. The van der Waals surface area contributed by atoms with E-state index in [0.29, 0.717) is 17.3 Å². The van der Waals surface area contributed by atoms with Gasteiger partial charge in [0, 0.05) is 30.6 Å². The monoisotopic (exact) mass is 334 g/mol. The fourth-order valence-electron chi connectivity index (χ4n) is 2.33. The van der Waals surface area contributed by atoms with Crippen molar-refractivity contribution in [1.29, 1.82) is 0 Å². The van der Waals surface area contributed by atoms with Gasteiger partial charge in [0.25, 0.3) is 5.91 Å². The number of rotatable bonds is 5. The Morgan fingerprint density at radius 2 is 1.84 bits per heavy atom. The number of carbonyl (C=O) groups is 1. The first kappa shape index (κ1) is 16.4. The van der Waals surface area contributed by atoms with Crippen LogP contribution in [0.5, 0.6) is 5.75 Å². The van der Waals surface area contributed by atoms with Crippen LogP contribution in [0, 0.1) is 0 Å². The molecule has 0 aliphatic rings. The lowest BCUT2D eigenvalue weighted by Gasteiger charge is -2.18. The van der Waals surface area contributed by atoms with E-state index in [9.17, 15) is 4.79 Å². The van der Waals surface area contributed by atoms with Gasteiger partial charge < -0.3 is 15.0 Å². The van der Waals surface area contributed by atoms with Gasteiger partial charge in [-0.3, -0.25) is 4.79 Å². The number of hydrogen-bond donors (Lipinski definition) is 1. The number of anilines is 3. The number of benzene rings is 2. The van der Waals surface area contributed by atoms with Crippen molar-refractivity contribution >= 4 is 23.1 Å². The van der Waals surface area contributed by atoms with Crippen molar-refractivity contribution in [3.05, 3.63) is 72.7 Å². The Labute approximate surface area is 146 Å². The Balaban J connectivity index is 1.79. The Morgan fingerprint density at radius 3 is 2.60 bits per heavy atom. The lowest BCUT2D eigenvalue weighted by Crippen LogP contribution is -2.17. The molecule has 3 rings (SSSR count). The molecule has 1 aromatic heterocycles. The number of hydrogen-bond acceptors (Lipinski definition) is 5. The van der Waals surface area contributed by atoms with E-state index in [1.165, 1.54) is 6.33 Å². The summed E-state index contributed by atoms with van der Waals surface area (Å²) in [4.78, 5) is 22.7. The van der Waals surface area contributed by atoms with E-state index in [0.717, 1.165) is 5.69 Å². The predicted molar refractivity (Wildman–Crippen MR) is 97.5 cm³/mol. The summed E-state index contributed by atoms with van der Waals surface area (Å²) in [5.74, 6) is 1.00. The van der Waals surface area contributed by atoms with Crippen LogP contribution in [0.2, 0.25) is 0 Å². The predicted octanol–water partition coefficient (Wildman–Crippen LogP) is 3.51. The molecular formula is C19H18N4O2. The quantitative estimate of drug-likeness (QED) is 0.773. The first-order valence-electron chi connectivity index (χ1n) is 7.73. The van der Waals surface area contributed by atoms with E-state index in [1.54, 1.807) is 25.3 Å². The van der Waals surface area contributed by atoms with Gasteiger partial charge in [0.1, 0.15) is 23.6 Å². The van der Waals surface area contributed by atoms with Gasteiger partial charge in [-0.1, -0.05) is 24.3 Å². The number of aromatic nitrogens is 2. The second-order valence-electron chi connectivity index (χ2n) is 5.34. The van der Waals surface area contributed by atoms with Gasteiger partial charge in [-0.15, -0.1) is 0 Å². The molecule has 0 radical (unpaired) electrons. The van der Waals surface area contributed by atoms with Gasteiger partial charge in [0.05, 0.1) is 7.11 Å². The molecule has 3 aromatic rings. The zero-order valence-corrected chi connectivity index (χ0v) is 14.0. The zero-order chi connectivity index (χ0) is 17.6. The average molecular weight is 334 g/mol. The minimum Gasteiger partial charge on any atom is -0.497 e. The topological polar surface area (TPSA) is 67.3 Å². The first-order valence-corrected chi connectivity index (χ1v) is 7.73. The van der Waals surface area contributed by atoms with E-state index in [1.807, 2.05) is 54.4 Å². The molecule has 6 nitrogen and oxygen atoms in total. The lowest BCUT2D eigenvalue weighted by molar-refractivity contribution is 0.102. The molecule has 0 atom stereocenters. The van der Waals surface area contributed by atoms with E-state index < -0.39 is 0 Å². The van der Waals surface area contributed by atoms with Crippen LogP contribution >= 0.6 is 0 Å². The van der Waals surface area contributed by atoms with Gasteiger partial charge in [0.2, 0.25) is 0 Å². The van der Waals surface area contributed by atoms with Crippen LogP contribution in [0.25, 0.3) is 0 Å². The average Bonchev–Trinajstić information content (AvgIpc) is 2.68. The number of carbonyl (C=O) groups excluding carboxylic acids is 1. The van der Waals surface area contributed by atoms with Gasteiger partial charge in [-0.05, 0) is 24.3 Å². The van der Waals surface area contributed by atoms with Crippen LogP contribution < -0.4 is 15.0 Å². The minimum atomic E-state index is -0.307. The molecule has 0 aliphatic carbocycles. The zero-order valence-electron chi connectivity index (χ0n) is 14.0. The highest BCUT2D eigenvalue weighted by Crippen LogP contribution is 2.22. The van der Waals surface area contributed by atoms with Crippen LogP contribution in [-0.4, -0.2) is 30.0 Å². The highest BCUT2D eigenvalue weighted by molar-refractivity contribution is 6.03. The van der Waals surface area contributed by atoms with Crippen LogP contribution in [0.3, 0.4) is 0 Å². The SMILES string of the molecule is COc1cccc(NC(=O)c2cc(N(C)c3ccccc3)ncn2)c1. The van der Waals surface area contributed by atoms with Gasteiger partial charge >= 0.3 is 0 Å². The van der Waals surface area contributed by atoms with Crippen LogP contribution in [-0.2, 0) is 0 Å². The Kier molecular flexibility index (Phi) is 4.89. The number of ether oxygens (including phenoxy) is 1. The molecule has 0 aliphatic heterocycles. The smallest absolute Gasteiger partial charge is 0.274 e. The van der Waals surface area contributed by atoms with Crippen molar-refractivity contribution in [3.8, 4) is 5.75 Å². The van der Waals surface area contributed by atoms with E-state index >= 15 is 0 Å².